The summed E-state index contributed by atoms with van der Waals surface area (Å²) in [6.07, 6.45) is 0. The van der Waals surface area contributed by atoms with E-state index in [2.05, 4.69) is 10.5 Å². The van der Waals surface area contributed by atoms with Crippen molar-refractivity contribution in [1.29, 1.82) is 0 Å². The molecule has 0 aliphatic carbocycles. The Hall–Kier alpha value is -3.68. The van der Waals surface area contributed by atoms with Gasteiger partial charge in [-0.1, -0.05) is 23.4 Å². The molecule has 2 aromatic carbocycles. The number of amides is 2. The van der Waals surface area contributed by atoms with Gasteiger partial charge in [0.25, 0.3) is 5.91 Å². The lowest BCUT2D eigenvalue weighted by molar-refractivity contribution is -0.121. The Labute approximate surface area is 186 Å². The second-order valence-electron chi connectivity index (χ2n) is 7.34. The molecule has 2 amide bonds. The van der Waals surface area contributed by atoms with Gasteiger partial charge < -0.3 is 19.5 Å². The van der Waals surface area contributed by atoms with E-state index in [0.29, 0.717) is 23.6 Å². The largest absolute Gasteiger partial charge is 0.489 e. The zero-order valence-electron chi connectivity index (χ0n) is 18.4. The van der Waals surface area contributed by atoms with Gasteiger partial charge in [0.1, 0.15) is 23.9 Å². The molecule has 0 aliphatic rings. The summed E-state index contributed by atoms with van der Waals surface area (Å²) >= 11 is 0. The Balaban J connectivity index is 1.58. The number of halogens is 1. The number of hydrogen-bond donors (Lipinski definition) is 1. The highest BCUT2D eigenvalue weighted by Crippen LogP contribution is 2.19. The number of benzene rings is 2. The summed E-state index contributed by atoms with van der Waals surface area (Å²) in [7, 11) is 0. The summed E-state index contributed by atoms with van der Waals surface area (Å²) in [5.74, 6) is 0.328. The molecule has 3 aromatic rings. The second-order valence-corrected chi connectivity index (χ2v) is 7.34. The lowest BCUT2D eigenvalue weighted by Crippen LogP contribution is -2.40. The SMILES string of the molecule is CCN(CC(=O)NCc1ccc(F)cc1)C(=O)c1cccc(OCc2c(C)noc2C)c1. The van der Waals surface area contributed by atoms with E-state index >= 15 is 0 Å². The van der Waals surface area contributed by atoms with Gasteiger partial charge in [-0.3, -0.25) is 9.59 Å². The molecule has 0 aliphatic heterocycles. The number of nitrogens with one attached hydrogen (secondary N) is 1. The van der Waals surface area contributed by atoms with E-state index in [4.69, 9.17) is 9.26 Å². The Bertz CT molecular complexity index is 1060. The number of carbonyl (C=O) groups is 2. The fourth-order valence-corrected chi connectivity index (χ4v) is 3.12. The average molecular weight is 439 g/mol. The molecule has 8 heteroatoms. The second kappa shape index (κ2) is 10.6. The van der Waals surface area contributed by atoms with Gasteiger partial charge in [0, 0.05) is 18.7 Å². The van der Waals surface area contributed by atoms with Crippen molar-refractivity contribution in [1.82, 2.24) is 15.4 Å². The molecule has 1 heterocycles. The average Bonchev–Trinajstić information content (AvgIpc) is 3.12. The van der Waals surface area contributed by atoms with Crippen LogP contribution in [0.4, 0.5) is 4.39 Å². The van der Waals surface area contributed by atoms with Crippen molar-refractivity contribution in [2.24, 2.45) is 0 Å². The van der Waals surface area contributed by atoms with Crippen LogP contribution in [0, 0.1) is 19.7 Å². The maximum atomic E-state index is 13.0. The third-order valence-corrected chi connectivity index (χ3v) is 5.05. The Kier molecular flexibility index (Phi) is 7.59. The summed E-state index contributed by atoms with van der Waals surface area (Å²) in [6, 6.07) is 12.7. The number of rotatable bonds is 9. The van der Waals surface area contributed by atoms with Gasteiger partial charge in [0.2, 0.25) is 5.91 Å². The molecule has 0 spiro atoms. The third-order valence-electron chi connectivity index (χ3n) is 5.05. The Morgan fingerprint density at radius 3 is 2.56 bits per heavy atom. The van der Waals surface area contributed by atoms with Gasteiger partial charge in [-0.2, -0.15) is 0 Å². The van der Waals surface area contributed by atoms with Crippen molar-refractivity contribution in [3.63, 3.8) is 0 Å². The number of nitrogens with zero attached hydrogens (tertiary/aromatic N) is 2. The van der Waals surface area contributed by atoms with Gasteiger partial charge in [0.15, 0.2) is 0 Å². The zero-order valence-corrected chi connectivity index (χ0v) is 18.4. The number of ether oxygens (including phenoxy) is 1. The van der Waals surface area contributed by atoms with Crippen molar-refractivity contribution in [3.8, 4) is 5.75 Å². The number of carbonyl (C=O) groups excluding carboxylic acids is 2. The van der Waals surface area contributed by atoms with Crippen molar-refractivity contribution >= 4 is 11.8 Å². The summed E-state index contributed by atoms with van der Waals surface area (Å²) in [4.78, 5) is 26.7. The van der Waals surface area contributed by atoms with Crippen LogP contribution in [0.1, 0.15) is 39.9 Å². The molecule has 168 valence electrons. The highest BCUT2D eigenvalue weighted by atomic mass is 19.1. The lowest BCUT2D eigenvalue weighted by atomic mass is 10.1. The summed E-state index contributed by atoms with van der Waals surface area (Å²) in [5, 5.41) is 6.66. The molecule has 0 fully saturated rings. The molecule has 3 rings (SSSR count). The summed E-state index contributed by atoms with van der Waals surface area (Å²) in [6.45, 7) is 6.29. The molecular weight excluding hydrogens is 413 g/mol. The molecule has 0 atom stereocenters. The monoisotopic (exact) mass is 439 g/mol. The Morgan fingerprint density at radius 2 is 1.91 bits per heavy atom. The van der Waals surface area contributed by atoms with Crippen LogP contribution < -0.4 is 10.1 Å². The number of aromatic nitrogens is 1. The molecule has 1 aromatic heterocycles. The van der Waals surface area contributed by atoms with E-state index in [-0.39, 0.29) is 37.3 Å². The first-order valence-electron chi connectivity index (χ1n) is 10.3. The quantitative estimate of drug-likeness (QED) is 0.548. The minimum Gasteiger partial charge on any atom is -0.489 e. The molecule has 0 unspecified atom stereocenters. The first-order chi connectivity index (χ1) is 15.4. The van der Waals surface area contributed by atoms with Gasteiger partial charge in [0.05, 0.1) is 17.8 Å². The van der Waals surface area contributed by atoms with Gasteiger partial charge >= 0.3 is 0 Å². The van der Waals surface area contributed by atoms with Crippen LogP contribution in [0.3, 0.4) is 0 Å². The van der Waals surface area contributed by atoms with E-state index in [1.807, 2.05) is 20.8 Å². The molecule has 0 bridgehead atoms. The molecule has 32 heavy (non-hydrogen) atoms. The summed E-state index contributed by atoms with van der Waals surface area (Å²) in [5.41, 5.74) is 2.83. The molecule has 0 saturated carbocycles. The van der Waals surface area contributed by atoms with Crippen LogP contribution in [-0.4, -0.2) is 35.0 Å². The minimum absolute atomic E-state index is 0.0826. The first kappa shape index (κ1) is 23.0. The fraction of sp³-hybridized carbons (Fsp3) is 0.292. The summed E-state index contributed by atoms with van der Waals surface area (Å²) < 4.78 is 23.9. The molecule has 7 nitrogen and oxygen atoms in total. The van der Waals surface area contributed by atoms with Crippen molar-refractivity contribution in [2.75, 3.05) is 13.1 Å². The van der Waals surface area contributed by atoms with Crippen LogP contribution in [0.15, 0.2) is 53.1 Å². The van der Waals surface area contributed by atoms with E-state index in [9.17, 15) is 14.0 Å². The van der Waals surface area contributed by atoms with Crippen LogP contribution in [0.2, 0.25) is 0 Å². The first-order valence-corrected chi connectivity index (χ1v) is 10.3. The van der Waals surface area contributed by atoms with Crippen molar-refractivity contribution < 1.29 is 23.2 Å². The predicted molar refractivity (Wildman–Crippen MR) is 117 cm³/mol. The number of hydrogen-bond acceptors (Lipinski definition) is 5. The molecule has 1 N–H and O–H groups in total. The predicted octanol–water partition coefficient (Wildman–Crippen LogP) is 3.79. The molecule has 0 saturated heterocycles. The maximum absolute atomic E-state index is 13.0. The third kappa shape index (κ3) is 5.94. The topological polar surface area (TPSA) is 84.7 Å². The molecule has 0 radical (unpaired) electrons. The van der Waals surface area contributed by atoms with E-state index in [1.165, 1.54) is 17.0 Å². The van der Waals surface area contributed by atoms with Crippen molar-refractivity contribution in [3.05, 3.63) is 82.5 Å². The van der Waals surface area contributed by atoms with Crippen LogP contribution in [0.5, 0.6) is 5.75 Å². The number of likely N-dealkylation sites (N-methyl/N-ethyl adjacent to an activating group) is 1. The van der Waals surface area contributed by atoms with Crippen LogP contribution in [-0.2, 0) is 17.9 Å². The molecular formula is C24H26FN3O4. The minimum atomic E-state index is -0.333. The number of aryl methyl sites for hydroxylation is 2. The van der Waals surface area contributed by atoms with E-state index in [0.717, 1.165) is 16.8 Å². The van der Waals surface area contributed by atoms with Crippen LogP contribution in [0.25, 0.3) is 0 Å². The van der Waals surface area contributed by atoms with Crippen LogP contribution >= 0.6 is 0 Å². The van der Waals surface area contributed by atoms with E-state index in [1.54, 1.807) is 36.4 Å². The zero-order chi connectivity index (χ0) is 23.1. The van der Waals surface area contributed by atoms with Gasteiger partial charge in [-0.05, 0) is 56.7 Å². The standard InChI is InChI=1S/C24H26FN3O4/c1-4-28(14-23(29)26-13-18-8-10-20(25)11-9-18)24(30)19-6-5-7-21(12-19)31-15-22-16(2)27-32-17(22)3/h5-12H,4,13-15H2,1-3H3,(H,26,29). The van der Waals surface area contributed by atoms with Crippen molar-refractivity contribution in [2.45, 2.75) is 33.9 Å². The maximum Gasteiger partial charge on any atom is 0.254 e. The highest BCUT2D eigenvalue weighted by Gasteiger charge is 2.18. The normalized spacial score (nSPS) is 10.6. The fourth-order valence-electron chi connectivity index (χ4n) is 3.12. The smallest absolute Gasteiger partial charge is 0.254 e. The van der Waals surface area contributed by atoms with Gasteiger partial charge in [-0.25, -0.2) is 4.39 Å². The lowest BCUT2D eigenvalue weighted by Gasteiger charge is -2.21. The highest BCUT2D eigenvalue weighted by molar-refractivity contribution is 5.96. The Morgan fingerprint density at radius 1 is 1.16 bits per heavy atom. The van der Waals surface area contributed by atoms with Gasteiger partial charge in [-0.15, -0.1) is 0 Å². The van der Waals surface area contributed by atoms with E-state index < -0.39 is 0 Å².